The van der Waals surface area contributed by atoms with Crippen molar-refractivity contribution in [1.82, 2.24) is 5.32 Å². The van der Waals surface area contributed by atoms with E-state index in [1.54, 1.807) is 6.07 Å². The van der Waals surface area contributed by atoms with Gasteiger partial charge in [0.25, 0.3) is 0 Å². The number of aryl methyl sites for hydroxylation is 1. The Morgan fingerprint density at radius 3 is 2.47 bits per heavy atom. The normalized spacial score (nSPS) is 12.3. The first-order valence-corrected chi connectivity index (χ1v) is 6.68. The van der Waals surface area contributed by atoms with Gasteiger partial charge in [0.15, 0.2) is 0 Å². The summed E-state index contributed by atoms with van der Waals surface area (Å²) < 4.78 is 0. The van der Waals surface area contributed by atoms with Crippen LogP contribution < -0.4 is 5.32 Å². The lowest BCUT2D eigenvalue weighted by atomic mass is 9.91. The number of likely N-dealkylation sites (N-methyl/N-ethyl adjacent to an activating group) is 1. The van der Waals surface area contributed by atoms with Gasteiger partial charge in [-0.05, 0) is 43.7 Å². The second-order valence-corrected chi connectivity index (χ2v) is 5.04. The molecule has 0 aliphatic heterocycles. The molecule has 2 aromatic carbocycles. The monoisotopic (exact) mass is 255 g/mol. The minimum atomic E-state index is 0.338. The predicted octanol–water partition coefficient (Wildman–Crippen LogP) is 3.25. The molecule has 0 aliphatic rings. The molecule has 100 valence electrons. The van der Waals surface area contributed by atoms with E-state index in [1.165, 1.54) is 16.7 Å². The highest BCUT2D eigenvalue weighted by Gasteiger charge is 2.11. The van der Waals surface area contributed by atoms with Gasteiger partial charge in [0.05, 0.1) is 0 Å². The van der Waals surface area contributed by atoms with Gasteiger partial charge in [-0.2, -0.15) is 0 Å². The van der Waals surface area contributed by atoms with Crippen LogP contribution >= 0.6 is 0 Å². The maximum Gasteiger partial charge on any atom is 0.115 e. The molecule has 2 heteroatoms. The Balaban J connectivity index is 2.18. The molecule has 0 radical (unpaired) electrons. The van der Waals surface area contributed by atoms with Crippen LogP contribution in [0.5, 0.6) is 5.75 Å². The van der Waals surface area contributed by atoms with E-state index in [0.29, 0.717) is 11.7 Å². The lowest BCUT2D eigenvalue weighted by Crippen LogP contribution is -2.19. The molecule has 0 heterocycles. The summed E-state index contributed by atoms with van der Waals surface area (Å²) in [5.41, 5.74) is 3.79. The van der Waals surface area contributed by atoms with Crippen LogP contribution in [-0.2, 0) is 6.42 Å². The SMILES string of the molecule is CNCC(Cc1cccc(O)c1)c1ccc(C)cc1. The zero-order chi connectivity index (χ0) is 13.7. The van der Waals surface area contributed by atoms with Crippen molar-refractivity contribution in [2.45, 2.75) is 19.3 Å². The van der Waals surface area contributed by atoms with Crippen molar-refractivity contribution in [2.24, 2.45) is 0 Å². The van der Waals surface area contributed by atoms with Gasteiger partial charge < -0.3 is 10.4 Å². The van der Waals surface area contributed by atoms with E-state index in [4.69, 9.17) is 0 Å². The van der Waals surface area contributed by atoms with Crippen LogP contribution in [0.2, 0.25) is 0 Å². The second-order valence-electron chi connectivity index (χ2n) is 5.04. The minimum Gasteiger partial charge on any atom is -0.508 e. The Hall–Kier alpha value is -1.80. The first-order valence-electron chi connectivity index (χ1n) is 6.68. The Bertz CT molecular complexity index is 519. The second kappa shape index (κ2) is 6.39. The number of benzene rings is 2. The fourth-order valence-corrected chi connectivity index (χ4v) is 2.36. The van der Waals surface area contributed by atoms with Crippen LogP contribution in [0.25, 0.3) is 0 Å². The molecule has 0 aromatic heterocycles. The summed E-state index contributed by atoms with van der Waals surface area (Å²) in [4.78, 5) is 0. The highest BCUT2D eigenvalue weighted by Crippen LogP contribution is 2.22. The maximum atomic E-state index is 9.55. The third kappa shape index (κ3) is 3.83. The molecule has 19 heavy (non-hydrogen) atoms. The van der Waals surface area contributed by atoms with Gasteiger partial charge in [0.1, 0.15) is 5.75 Å². The summed E-state index contributed by atoms with van der Waals surface area (Å²) in [6, 6.07) is 16.2. The number of phenolic OH excluding ortho intramolecular Hbond substituents is 1. The number of phenols is 1. The van der Waals surface area contributed by atoms with E-state index in [2.05, 4.69) is 42.6 Å². The van der Waals surface area contributed by atoms with Gasteiger partial charge in [-0.15, -0.1) is 0 Å². The Morgan fingerprint density at radius 1 is 1.11 bits per heavy atom. The molecule has 2 aromatic rings. The van der Waals surface area contributed by atoms with Crippen LogP contribution in [0.3, 0.4) is 0 Å². The average molecular weight is 255 g/mol. The van der Waals surface area contributed by atoms with Gasteiger partial charge in [-0.1, -0.05) is 42.0 Å². The standard InChI is InChI=1S/C17H21NO/c1-13-6-8-15(9-7-13)16(12-18-2)10-14-4-3-5-17(19)11-14/h3-9,11,16,18-19H,10,12H2,1-2H3. The van der Waals surface area contributed by atoms with Crippen LogP contribution in [0.1, 0.15) is 22.6 Å². The molecule has 1 atom stereocenters. The van der Waals surface area contributed by atoms with E-state index in [-0.39, 0.29) is 0 Å². The molecule has 0 amide bonds. The van der Waals surface area contributed by atoms with Crippen LogP contribution in [0.4, 0.5) is 0 Å². The predicted molar refractivity (Wildman–Crippen MR) is 79.7 cm³/mol. The lowest BCUT2D eigenvalue weighted by Gasteiger charge is -2.17. The molecule has 2 nitrogen and oxygen atoms in total. The summed E-state index contributed by atoms with van der Waals surface area (Å²) in [5.74, 6) is 0.761. The number of rotatable bonds is 5. The Kier molecular flexibility index (Phi) is 4.58. The van der Waals surface area contributed by atoms with E-state index in [9.17, 15) is 5.11 Å². The molecule has 0 fully saturated rings. The Labute approximate surface area is 115 Å². The van der Waals surface area contributed by atoms with Gasteiger partial charge in [-0.25, -0.2) is 0 Å². The Morgan fingerprint density at radius 2 is 1.84 bits per heavy atom. The minimum absolute atomic E-state index is 0.338. The number of aromatic hydroxyl groups is 1. The van der Waals surface area contributed by atoms with E-state index >= 15 is 0 Å². The molecule has 0 aliphatic carbocycles. The van der Waals surface area contributed by atoms with Crippen molar-refractivity contribution in [3.63, 3.8) is 0 Å². The van der Waals surface area contributed by atoms with E-state index in [1.807, 2.05) is 19.2 Å². The van der Waals surface area contributed by atoms with E-state index in [0.717, 1.165) is 13.0 Å². The van der Waals surface area contributed by atoms with Gasteiger partial charge in [-0.3, -0.25) is 0 Å². The lowest BCUT2D eigenvalue weighted by molar-refractivity contribution is 0.474. The first-order chi connectivity index (χ1) is 9.19. The smallest absolute Gasteiger partial charge is 0.115 e. The number of hydrogen-bond acceptors (Lipinski definition) is 2. The van der Waals surface area contributed by atoms with Crippen LogP contribution in [-0.4, -0.2) is 18.7 Å². The van der Waals surface area contributed by atoms with Crippen molar-refractivity contribution >= 4 is 0 Å². The summed E-state index contributed by atoms with van der Waals surface area (Å²) in [6.07, 6.45) is 0.929. The first kappa shape index (κ1) is 13.6. The molecule has 2 N–H and O–H groups in total. The van der Waals surface area contributed by atoms with Crippen molar-refractivity contribution in [3.8, 4) is 5.75 Å². The molecule has 2 rings (SSSR count). The van der Waals surface area contributed by atoms with Crippen molar-refractivity contribution < 1.29 is 5.11 Å². The third-order valence-electron chi connectivity index (χ3n) is 3.39. The summed E-state index contributed by atoms with van der Waals surface area (Å²) >= 11 is 0. The largest absolute Gasteiger partial charge is 0.508 e. The third-order valence-corrected chi connectivity index (χ3v) is 3.39. The maximum absolute atomic E-state index is 9.55. The molecular formula is C17H21NO. The quantitative estimate of drug-likeness (QED) is 0.859. The van der Waals surface area contributed by atoms with Gasteiger partial charge in [0.2, 0.25) is 0 Å². The topological polar surface area (TPSA) is 32.3 Å². The number of hydrogen-bond donors (Lipinski definition) is 2. The zero-order valence-corrected chi connectivity index (χ0v) is 11.6. The molecule has 0 spiro atoms. The van der Waals surface area contributed by atoms with Gasteiger partial charge in [0, 0.05) is 12.5 Å². The highest BCUT2D eigenvalue weighted by atomic mass is 16.3. The van der Waals surface area contributed by atoms with Gasteiger partial charge >= 0.3 is 0 Å². The number of nitrogens with one attached hydrogen (secondary N) is 1. The molecular weight excluding hydrogens is 234 g/mol. The van der Waals surface area contributed by atoms with Crippen molar-refractivity contribution in [3.05, 3.63) is 65.2 Å². The van der Waals surface area contributed by atoms with E-state index < -0.39 is 0 Å². The fraction of sp³-hybridized carbons (Fsp3) is 0.294. The molecule has 0 saturated heterocycles. The van der Waals surface area contributed by atoms with Crippen molar-refractivity contribution in [1.29, 1.82) is 0 Å². The zero-order valence-electron chi connectivity index (χ0n) is 11.6. The summed E-state index contributed by atoms with van der Waals surface area (Å²) in [6.45, 7) is 3.03. The fourth-order valence-electron chi connectivity index (χ4n) is 2.36. The van der Waals surface area contributed by atoms with Crippen LogP contribution in [0.15, 0.2) is 48.5 Å². The molecule has 0 saturated carbocycles. The van der Waals surface area contributed by atoms with Crippen LogP contribution in [0, 0.1) is 6.92 Å². The van der Waals surface area contributed by atoms with Crippen molar-refractivity contribution in [2.75, 3.05) is 13.6 Å². The average Bonchev–Trinajstić information content (AvgIpc) is 2.39. The summed E-state index contributed by atoms with van der Waals surface area (Å²) in [7, 11) is 1.98. The molecule has 1 unspecified atom stereocenters. The summed E-state index contributed by atoms with van der Waals surface area (Å²) in [5, 5.41) is 12.8. The highest BCUT2D eigenvalue weighted by molar-refractivity contribution is 5.31. The molecule has 0 bridgehead atoms.